The van der Waals surface area contributed by atoms with Gasteiger partial charge in [-0.25, -0.2) is 4.79 Å². The van der Waals surface area contributed by atoms with Gasteiger partial charge < -0.3 is 34.9 Å². The molecular formula is C26H33N3O8. The van der Waals surface area contributed by atoms with Gasteiger partial charge in [0.1, 0.15) is 18.4 Å². The second kappa shape index (κ2) is 11.2. The van der Waals surface area contributed by atoms with Gasteiger partial charge in [0.2, 0.25) is 11.8 Å². The fourth-order valence-corrected chi connectivity index (χ4v) is 5.71. The zero-order valence-corrected chi connectivity index (χ0v) is 21.0. The van der Waals surface area contributed by atoms with E-state index in [1.165, 1.54) is 6.08 Å². The van der Waals surface area contributed by atoms with Crippen molar-refractivity contribution in [3.63, 3.8) is 0 Å². The fraction of sp³-hybridized carbons (Fsp3) is 0.538. The van der Waals surface area contributed by atoms with E-state index in [9.17, 15) is 19.2 Å². The van der Waals surface area contributed by atoms with Gasteiger partial charge in [-0.05, 0) is 31.0 Å². The number of nitrogens with one attached hydrogen (secondary N) is 2. The first-order valence-corrected chi connectivity index (χ1v) is 12.5. The Kier molecular flexibility index (Phi) is 8.01. The molecule has 3 aliphatic rings. The van der Waals surface area contributed by atoms with E-state index in [1.54, 1.807) is 36.9 Å². The zero-order valence-electron chi connectivity index (χ0n) is 21.0. The van der Waals surface area contributed by atoms with E-state index < -0.39 is 47.9 Å². The summed E-state index contributed by atoms with van der Waals surface area (Å²) in [5.74, 6) is -2.45. The molecule has 3 amide bonds. The van der Waals surface area contributed by atoms with Crippen LogP contribution in [0.25, 0.3) is 0 Å². The largest absolute Gasteiger partial charge is 0.493 e. The molecule has 1 aromatic carbocycles. The number of aliphatic hydroxyl groups excluding tert-OH is 1. The van der Waals surface area contributed by atoms with E-state index in [0.29, 0.717) is 30.0 Å². The second-order valence-electron chi connectivity index (χ2n) is 9.44. The van der Waals surface area contributed by atoms with Crippen molar-refractivity contribution in [1.82, 2.24) is 10.6 Å². The summed E-state index contributed by atoms with van der Waals surface area (Å²) in [6.45, 7) is 7.48. The maximum atomic E-state index is 13.8. The SMILES string of the molecule is C=CCOC(=O)N[C@H]1c2cc(OCCCO)ccc2N2C(=O)[C@@H]3NC(=O)C[C@H](C)[C@H](C(=O)OCC)[C@H]3[C@H]12. The Balaban J connectivity index is 1.78. The lowest BCUT2D eigenvalue weighted by molar-refractivity contribution is -0.152. The number of hydrogen-bond donors (Lipinski definition) is 3. The van der Waals surface area contributed by atoms with Gasteiger partial charge in [0.25, 0.3) is 0 Å². The molecule has 0 unspecified atom stereocenters. The molecule has 2 fully saturated rings. The lowest BCUT2D eigenvalue weighted by atomic mass is 9.74. The summed E-state index contributed by atoms with van der Waals surface area (Å²) in [7, 11) is 0. The number of anilines is 1. The van der Waals surface area contributed by atoms with Crippen molar-refractivity contribution in [2.24, 2.45) is 17.8 Å². The molecule has 11 heteroatoms. The Morgan fingerprint density at radius 3 is 2.78 bits per heavy atom. The van der Waals surface area contributed by atoms with E-state index >= 15 is 0 Å². The number of amides is 3. The zero-order chi connectivity index (χ0) is 26.7. The molecule has 0 aromatic heterocycles. The summed E-state index contributed by atoms with van der Waals surface area (Å²) in [6.07, 6.45) is 1.25. The number of ether oxygens (including phenoxy) is 3. The van der Waals surface area contributed by atoms with Crippen molar-refractivity contribution in [1.29, 1.82) is 0 Å². The molecule has 3 aliphatic heterocycles. The van der Waals surface area contributed by atoms with Gasteiger partial charge in [0.15, 0.2) is 0 Å². The number of alkyl carbamates (subject to hydrolysis) is 1. The molecular weight excluding hydrogens is 482 g/mol. The molecule has 4 rings (SSSR count). The van der Waals surface area contributed by atoms with Crippen molar-refractivity contribution >= 4 is 29.6 Å². The molecule has 0 bridgehead atoms. The van der Waals surface area contributed by atoms with Crippen LogP contribution in [0.4, 0.5) is 10.5 Å². The highest BCUT2D eigenvalue weighted by Gasteiger charge is 2.62. The predicted octanol–water partition coefficient (Wildman–Crippen LogP) is 1.45. The average molecular weight is 516 g/mol. The normalized spacial score (nSPS) is 27.8. The highest BCUT2D eigenvalue weighted by molar-refractivity contribution is 6.06. The first kappa shape index (κ1) is 26.5. The maximum absolute atomic E-state index is 13.8. The number of esters is 1. The third kappa shape index (κ3) is 5.00. The van der Waals surface area contributed by atoms with E-state index in [2.05, 4.69) is 17.2 Å². The van der Waals surface area contributed by atoms with Gasteiger partial charge in [0, 0.05) is 36.6 Å². The second-order valence-corrected chi connectivity index (χ2v) is 9.44. The number of nitrogens with zero attached hydrogens (tertiary/aromatic N) is 1. The van der Waals surface area contributed by atoms with Crippen LogP contribution in [0, 0.1) is 17.8 Å². The Morgan fingerprint density at radius 2 is 2.08 bits per heavy atom. The molecule has 1 aromatic rings. The number of aliphatic hydroxyl groups is 1. The van der Waals surface area contributed by atoms with Crippen LogP contribution in [0.3, 0.4) is 0 Å². The third-order valence-electron chi connectivity index (χ3n) is 7.10. The number of rotatable bonds is 9. The minimum Gasteiger partial charge on any atom is -0.493 e. The fourth-order valence-electron chi connectivity index (χ4n) is 5.71. The summed E-state index contributed by atoms with van der Waals surface area (Å²) >= 11 is 0. The summed E-state index contributed by atoms with van der Waals surface area (Å²) in [5.41, 5.74) is 1.18. The highest BCUT2D eigenvalue weighted by atomic mass is 16.5. The third-order valence-corrected chi connectivity index (χ3v) is 7.10. The van der Waals surface area contributed by atoms with Crippen LogP contribution in [0.2, 0.25) is 0 Å². The first-order valence-electron chi connectivity index (χ1n) is 12.5. The summed E-state index contributed by atoms with van der Waals surface area (Å²) in [4.78, 5) is 53.9. The van der Waals surface area contributed by atoms with Crippen LogP contribution in [-0.4, -0.2) is 67.5 Å². The van der Waals surface area contributed by atoms with E-state index in [4.69, 9.17) is 19.3 Å². The van der Waals surface area contributed by atoms with E-state index in [1.807, 2.05) is 0 Å². The van der Waals surface area contributed by atoms with Gasteiger partial charge >= 0.3 is 12.1 Å². The molecule has 37 heavy (non-hydrogen) atoms. The molecule has 2 saturated heterocycles. The van der Waals surface area contributed by atoms with Crippen molar-refractivity contribution in [2.75, 3.05) is 31.3 Å². The number of benzene rings is 1. The summed E-state index contributed by atoms with van der Waals surface area (Å²) in [6, 6.07) is 2.81. The van der Waals surface area contributed by atoms with Gasteiger partial charge in [-0.3, -0.25) is 14.4 Å². The predicted molar refractivity (Wildman–Crippen MR) is 132 cm³/mol. The number of carbonyl (C=O) groups is 4. The Hall–Kier alpha value is -3.60. The topological polar surface area (TPSA) is 143 Å². The smallest absolute Gasteiger partial charge is 0.408 e. The average Bonchev–Trinajstić information content (AvgIpc) is 3.25. The molecule has 0 radical (unpaired) electrons. The van der Waals surface area contributed by atoms with Crippen LogP contribution >= 0.6 is 0 Å². The van der Waals surface area contributed by atoms with Crippen LogP contribution in [0.1, 0.15) is 38.3 Å². The molecule has 3 heterocycles. The van der Waals surface area contributed by atoms with Crippen molar-refractivity contribution < 1.29 is 38.5 Å². The van der Waals surface area contributed by atoms with Crippen molar-refractivity contribution in [3.05, 3.63) is 36.4 Å². The monoisotopic (exact) mass is 515 g/mol. The minimum absolute atomic E-state index is 0.00632. The molecule has 11 nitrogen and oxygen atoms in total. The van der Waals surface area contributed by atoms with Gasteiger partial charge in [-0.1, -0.05) is 19.6 Å². The molecule has 0 aliphatic carbocycles. The Labute approximate surface area is 215 Å². The van der Waals surface area contributed by atoms with Gasteiger partial charge in [-0.15, -0.1) is 0 Å². The molecule has 200 valence electrons. The number of fused-ring (bicyclic) bond motifs is 5. The molecule has 3 N–H and O–H groups in total. The van der Waals surface area contributed by atoms with E-state index in [0.717, 1.165) is 0 Å². The molecule has 6 atom stereocenters. The van der Waals surface area contributed by atoms with Crippen LogP contribution < -0.4 is 20.3 Å². The standard InChI is InChI=1S/C26H33N3O8/c1-4-10-37-26(34)28-21-16-13-15(36-11-6-9-30)7-8-17(16)29-23(21)20-19(25(33)35-5-2)14(3)12-18(31)27-22(20)24(29)32/h4,7-8,13-14,19-23,30H,1,5-6,9-12H2,2-3H3,(H,27,31)(H,28,34)/t14-,19-,20+,21-,22+,23+/m0/s1. The lowest BCUT2D eigenvalue weighted by Crippen LogP contribution is -2.48. The maximum Gasteiger partial charge on any atom is 0.408 e. The molecule has 0 saturated carbocycles. The lowest BCUT2D eigenvalue weighted by Gasteiger charge is -2.33. The minimum atomic E-state index is -0.945. The van der Waals surface area contributed by atoms with Crippen LogP contribution in [-0.2, 0) is 23.9 Å². The summed E-state index contributed by atoms with van der Waals surface area (Å²) in [5, 5.41) is 14.8. The summed E-state index contributed by atoms with van der Waals surface area (Å²) < 4.78 is 16.3. The van der Waals surface area contributed by atoms with E-state index in [-0.39, 0.29) is 38.1 Å². The van der Waals surface area contributed by atoms with Crippen LogP contribution in [0.5, 0.6) is 5.75 Å². The van der Waals surface area contributed by atoms with Gasteiger partial charge in [-0.2, -0.15) is 0 Å². The number of carbonyl (C=O) groups excluding carboxylic acids is 4. The van der Waals surface area contributed by atoms with Crippen molar-refractivity contribution in [2.45, 2.75) is 44.8 Å². The first-order chi connectivity index (χ1) is 17.8. The molecule has 0 spiro atoms. The van der Waals surface area contributed by atoms with Crippen LogP contribution in [0.15, 0.2) is 30.9 Å². The Bertz CT molecular complexity index is 1080. The highest BCUT2D eigenvalue weighted by Crippen LogP contribution is 2.52. The Morgan fingerprint density at radius 1 is 1.30 bits per heavy atom. The van der Waals surface area contributed by atoms with Crippen molar-refractivity contribution in [3.8, 4) is 5.75 Å². The quantitative estimate of drug-likeness (QED) is 0.255. The van der Waals surface area contributed by atoms with Gasteiger partial charge in [0.05, 0.1) is 31.2 Å². The number of hydrogen-bond acceptors (Lipinski definition) is 8.